The van der Waals surface area contributed by atoms with Crippen LogP contribution in [-0.2, 0) is 11.3 Å². The summed E-state index contributed by atoms with van der Waals surface area (Å²) in [7, 11) is 1.68. The number of benzene rings is 1. The molecule has 1 aromatic heterocycles. The monoisotopic (exact) mass is 195 g/mol. The van der Waals surface area contributed by atoms with Gasteiger partial charge in [0.05, 0.1) is 17.1 Å². The molecular formula is C10H10ClNO. The number of ether oxygens (including phenoxy) is 1. The third-order valence-electron chi connectivity index (χ3n) is 2.05. The van der Waals surface area contributed by atoms with E-state index < -0.39 is 0 Å². The first-order valence-electron chi connectivity index (χ1n) is 4.06. The van der Waals surface area contributed by atoms with Crippen LogP contribution in [0.2, 0.25) is 5.02 Å². The molecule has 0 spiro atoms. The van der Waals surface area contributed by atoms with E-state index in [0.717, 1.165) is 21.5 Å². The summed E-state index contributed by atoms with van der Waals surface area (Å²) in [4.78, 5) is 3.13. The quantitative estimate of drug-likeness (QED) is 0.783. The molecule has 0 atom stereocenters. The largest absolute Gasteiger partial charge is 0.380 e. The van der Waals surface area contributed by atoms with Gasteiger partial charge in [-0.25, -0.2) is 0 Å². The molecule has 13 heavy (non-hydrogen) atoms. The lowest BCUT2D eigenvalue weighted by Crippen LogP contribution is -1.83. The van der Waals surface area contributed by atoms with Gasteiger partial charge in [-0.3, -0.25) is 0 Å². The molecule has 0 saturated carbocycles. The molecule has 0 aliphatic rings. The molecule has 0 bridgehead atoms. The molecule has 2 aromatic rings. The van der Waals surface area contributed by atoms with E-state index in [1.165, 1.54) is 0 Å². The van der Waals surface area contributed by atoms with Crippen molar-refractivity contribution in [2.24, 2.45) is 0 Å². The second-order valence-corrected chi connectivity index (χ2v) is 3.32. The van der Waals surface area contributed by atoms with Gasteiger partial charge in [0.15, 0.2) is 0 Å². The van der Waals surface area contributed by atoms with Crippen LogP contribution in [0.5, 0.6) is 0 Å². The zero-order valence-corrected chi connectivity index (χ0v) is 8.06. The minimum absolute atomic E-state index is 0.611. The fourth-order valence-corrected chi connectivity index (χ4v) is 1.68. The van der Waals surface area contributed by atoms with Gasteiger partial charge in [0.2, 0.25) is 0 Å². The number of aromatic amines is 1. The van der Waals surface area contributed by atoms with Crippen molar-refractivity contribution < 1.29 is 4.74 Å². The topological polar surface area (TPSA) is 25.0 Å². The number of H-pyrrole nitrogens is 1. The zero-order valence-electron chi connectivity index (χ0n) is 7.30. The molecule has 1 heterocycles. The van der Waals surface area contributed by atoms with E-state index in [2.05, 4.69) is 4.98 Å². The van der Waals surface area contributed by atoms with Gasteiger partial charge in [-0.1, -0.05) is 23.7 Å². The summed E-state index contributed by atoms with van der Waals surface area (Å²) in [5.41, 5.74) is 2.12. The Bertz CT molecular complexity index is 422. The van der Waals surface area contributed by atoms with E-state index in [1.54, 1.807) is 7.11 Å². The Hall–Kier alpha value is -0.990. The Kier molecular flexibility index (Phi) is 2.25. The summed E-state index contributed by atoms with van der Waals surface area (Å²) >= 11 is 6.00. The van der Waals surface area contributed by atoms with E-state index in [4.69, 9.17) is 16.3 Å². The van der Waals surface area contributed by atoms with E-state index in [1.807, 2.05) is 24.4 Å². The lowest BCUT2D eigenvalue weighted by molar-refractivity contribution is 0.186. The number of rotatable bonds is 2. The predicted octanol–water partition coefficient (Wildman–Crippen LogP) is 2.97. The Labute approximate surface area is 81.5 Å². The van der Waals surface area contributed by atoms with E-state index in [9.17, 15) is 0 Å². The van der Waals surface area contributed by atoms with Crippen LogP contribution in [0.3, 0.4) is 0 Å². The van der Waals surface area contributed by atoms with Crippen molar-refractivity contribution in [1.82, 2.24) is 4.98 Å². The number of aromatic nitrogens is 1. The Morgan fingerprint density at radius 3 is 3.08 bits per heavy atom. The van der Waals surface area contributed by atoms with Crippen molar-refractivity contribution >= 4 is 22.5 Å². The Morgan fingerprint density at radius 2 is 2.31 bits per heavy atom. The Balaban J connectivity index is 2.61. The van der Waals surface area contributed by atoms with E-state index in [-0.39, 0.29) is 0 Å². The number of fused-ring (bicyclic) bond motifs is 1. The molecule has 0 saturated heterocycles. The Morgan fingerprint density at radius 1 is 1.46 bits per heavy atom. The highest BCUT2D eigenvalue weighted by molar-refractivity contribution is 6.35. The van der Waals surface area contributed by atoms with Crippen molar-refractivity contribution in [2.75, 3.05) is 7.11 Å². The van der Waals surface area contributed by atoms with Crippen LogP contribution in [0.25, 0.3) is 10.9 Å². The van der Waals surface area contributed by atoms with Crippen LogP contribution in [0.4, 0.5) is 0 Å². The van der Waals surface area contributed by atoms with Crippen LogP contribution >= 0.6 is 11.6 Å². The van der Waals surface area contributed by atoms with E-state index in [0.29, 0.717) is 6.61 Å². The van der Waals surface area contributed by atoms with Crippen LogP contribution in [0.15, 0.2) is 24.4 Å². The predicted molar refractivity (Wildman–Crippen MR) is 54.0 cm³/mol. The van der Waals surface area contributed by atoms with Gasteiger partial charge < -0.3 is 9.72 Å². The normalized spacial score (nSPS) is 10.9. The first-order valence-corrected chi connectivity index (χ1v) is 4.44. The molecule has 0 aliphatic heterocycles. The maximum Gasteiger partial charge on any atom is 0.0733 e. The maximum absolute atomic E-state index is 6.00. The first kappa shape index (κ1) is 8.60. The number of nitrogens with one attached hydrogen (secondary N) is 1. The van der Waals surface area contributed by atoms with Crippen LogP contribution in [0.1, 0.15) is 5.56 Å². The number of hydrogen-bond donors (Lipinski definition) is 1. The molecule has 0 unspecified atom stereocenters. The molecule has 2 nitrogen and oxygen atoms in total. The van der Waals surface area contributed by atoms with Crippen molar-refractivity contribution in [3.05, 3.63) is 35.0 Å². The zero-order chi connectivity index (χ0) is 9.26. The molecule has 0 radical (unpaired) electrons. The van der Waals surface area contributed by atoms with Crippen LogP contribution in [0, 0.1) is 0 Å². The van der Waals surface area contributed by atoms with Gasteiger partial charge in [-0.05, 0) is 6.07 Å². The van der Waals surface area contributed by atoms with Crippen molar-refractivity contribution in [3.63, 3.8) is 0 Å². The molecule has 1 N–H and O–H groups in total. The number of para-hydroxylation sites is 1. The van der Waals surface area contributed by atoms with Crippen LogP contribution in [-0.4, -0.2) is 12.1 Å². The summed E-state index contributed by atoms with van der Waals surface area (Å²) in [5.74, 6) is 0. The third-order valence-corrected chi connectivity index (χ3v) is 2.37. The average molecular weight is 196 g/mol. The number of halogens is 1. The molecule has 0 aliphatic carbocycles. The number of hydrogen-bond acceptors (Lipinski definition) is 1. The summed E-state index contributed by atoms with van der Waals surface area (Å²) in [5, 5.41) is 1.88. The van der Waals surface area contributed by atoms with Crippen molar-refractivity contribution in [3.8, 4) is 0 Å². The molecule has 68 valence electrons. The molecule has 2 rings (SSSR count). The highest BCUT2D eigenvalue weighted by Gasteiger charge is 2.04. The van der Waals surface area contributed by atoms with Gasteiger partial charge in [-0.2, -0.15) is 0 Å². The van der Waals surface area contributed by atoms with Crippen molar-refractivity contribution in [2.45, 2.75) is 6.61 Å². The molecule has 0 amide bonds. The molecular weight excluding hydrogens is 186 g/mol. The van der Waals surface area contributed by atoms with Gasteiger partial charge in [0.1, 0.15) is 0 Å². The van der Waals surface area contributed by atoms with Gasteiger partial charge >= 0.3 is 0 Å². The fraction of sp³-hybridized carbons (Fsp3) is 0.200. The molecule has 0 fully saturated rings. The summed E-state index contributed by atoms with van der Waals surface area (Å²) < 4.78 is 5.07. The van der Waals surface area contributed by atoms with Gasteiger partial charge in [0.25, 0.3) is 0 Å². The minimum atomic E-state index is 0.611. The third kappa shape index (κ3) is 1.43. The lowest BCUT2D eigenvalue weighted by Gasteiger charge is -1.96. The lowest BCUT2D eigenvalue weighted by atomic mass is 10.2. The average Bonchev–Trinajstić information content (AvgIpc) is 2.51. The summed E-state index contributed by atoms with van der Waals surface area (Å²) in [6.45, 7) is 0.611. The van der Waals surface area contributed by atoms with Gasteiger partial charge in [-0.15, -0.1) is 0 Å². The van der Waals surface area contributed by atoms with E-state index >= 15 is 0 Å². The molecule has 1 aromatic carbocycles. The smallest absolute Gasteiger partial charge is 0.0733 e. The number of methoxy groups -OCH3 is 1. The second kappa shape index (κ2) is 3.40. The fourth-order valence-electron chi connectivity index (χ4n) is 1.45. The van der Waals surface area contributed by atoms with Gasteiger partial charge in [0, 0.05) is 24.3 Å². The van der Waals surface area contributed by atoms with Crippen LogP contribution < -0.4 is 0 Å². The summed E-state index contributed by atoms with van der Waals surface area (Å²) in [6, 6.07) is 5.85. The first-order chi connectivity index (χ1) is 6.33. The molecule has 3 heteroatoms. The second-order valence-electron chi connectivity index (χ2n) is 2.91. The standard InChI is InChI=1S/C10H10ClNO/c1-13-6-7-5-12-10-8(7)3-2-4-9(10)11/h2-5,12H,6H2,1H3. The highest BCUT2D eigenvalue weighted by Crippen LogP contribution is 2.25. The minimum Gasteiger partial charge on any atom is -0.380 e. The maximum atomic E-state index is 6.00. The SMILES string of the molecule is COCc1c[nH]c2c(Cl)cccc12. The van der Waals surface area contributed by atoms with Crippen molar-refractivity contribution in [1.29, 1.82) is 0 Å². The summed E-state index contributed by atoms with van der Waals surface area (Å²) in [6.07, 6.45) is 1.93. The highest BCUT2D eigenvalue weighted by atomic mass is 35.5.